The van der Waals surface area contributed by atoms with Crippen LogP contribution in [0.4, 0.5) is 13.2 Å². The van der Waals surface area contributed by atoms with E-state index in [9.17, 15) is 26.4 Å². The van der Waals surface area contributed by atoms with Crippen LogP contribution in [0.2, 0.25) is 5.15 Å². The van der Waals surface area contributed by atoms with Gasteiger partial charge < -0.3 is 5.32 Å². The standard InChI is InChI=1S/C20H21ClF3N3O3S/c21-18-17(6-3-10-25-18)31(29,30)27-12-8-15(9-13-27)19(28)26-11-7-14-4-1-2-5-16(14)20(22,23)24/h1-6,10,15H,7-9,11-13H2,(H,26,28). The van der Waals surface area contributed by atoms with Crippen LogP contribution in [-0.4, -0.2) is 43.2 Å². The van der Waals surface area contributed by atoms with Crippen molar-refractivity contribution >= 4 is 27.5 Å². The Hall–Kier alpha value is -2.17. The number of benzene rings is 1. The number of carbonyl (C=O) groups is 1. The van der Waals surface area contributed by atoms with E-state index in [4.69, 9.17) is 11.6 Å². The lowest BCUT2D eigenvalue weighted by Crippen LogP contribution is -2.43. The molecule has 168 valence electrons. The quantitative estimate of drug-likeness (QED) is 0.648. The molecule has 1 saturated heterocycles. The van der Waals surface area contributed by atoms with Crippen LogP contribution in [-0.2, 0) is 27.4 Å². The third kappa shape index (κ3) is 5.55. The Balaban J connectivity index is 1.53. The highest BCUT2D eigenvalue weighted by molar-refractivity contribution is 7.89. The zero-order valence-corrected chi connectivity index (χ0v) is 18.0. The fraction of sp³-hybridized carbons (Fsp3) is 0.400. The highest BCUT2D eigenvalue weighted by Gasteiger charge is 2.34. The van der Waals surface area contributed by atoms with Gasteiger partial charge in [0.05, 0.1) is 5.56 Å². The van der Waals surface area contributed by atoms with Crippen LogP contribution in [0.1, 0.15) is 24.0 Å². The smallest absolute Gasteiger partial charge is 0.356 e. The summed E-state index contributed by atoms with van der Waals surface area (Å²) in [6, 6.07) is 8.12. The molecule has 3 rings (SSSR count). The number of nitrogens with one attached hydrogen (secondary N) is 1. The Labute approximate surface area is 183 Å². The first-order chi connectivity index (χ1) is 14.6. The second kappa shape index (κ2) is 9.54. The minimum Gasteiger partial charge on any atom is -0.356 e. The Morgan fingerprint density at radius 2 is 1.84 bits per heavy atom. The van der Waals surface area contributed by atoms with Gasteiger partial charge in [-0.1, -0.05) is 29.8 Å². The van der Waals surface area contributed by atoms with E-state index in [2.05, 4.69) is 10.3 Å². The molecule has 11 heteroatoms. The molecule has 1 N–H and O–H groups in total. The van der Waals surface area contributed by atoms with E-state index in [0.717, 1.165) is 6.07 Å². The van der Waals surface area contributed by atoms with Crippen molar-refractivity contribution in [1.82, 2.24) is 14.6 Å². The summed E-state index contributed by atoms with van der Waals surface area (Å²) in [5.41, 5.74) is -0.596. The van der Waals surface area contributed by atoms with E-state index >= 15 is 0 Å². The van der Waals surface area contributed by atoms with Gasteiger partial charge in [0, 0.05) is 31.7 Å². The molecule has 31 heavy (non-hydrogen) atoms. The normalized spacial score (nSPS) is 16.3. The fourth-order valence-corrected chi connectivity index (χ4v) is 5.44. The van der Waals surface area contributed by atoms with Gasteiger partial charge in [-0.15, -0.1) is 0 Å². The Kier molecular flexibility index (Phi) is 7.23. The summed E-state index contributed by atoms with van der Waals surface area (Å²) in [6.07, 6.45) is -2.39. The fourth-order valence-electron chi connectivity index (χ4n) is 3.54. The first-order valence-corrected chi connectivity index (χ1v) is 11.5. The van der Waals surface area contributed by atoms with Crippen molar-refractivity contribution < 1.29 is 26.4 Å². The number of piperidine rings is 1. The van der Waals surface area contributed by atoms with E-state index in [1.165, 1.54) is 40.8 Å². The van der Waals surface area contributed by atoms with Crippen molar-refractivity contribution in [3.8, 4) is 0 Å². The molecule has 1 aromatic carbocycles. The predicted octanol–water partition coefficient (Wildman–Crippen LogP) is 3.51. The Morgan fingerprint density at radius 1 is 1.16 bits per heavy atom. The monoisotopic (exact) mass is 475 g/mol. The average Bonchev–Trinajstić information content (AvgIpc) is 2.73. The van der Waals surface area contributed by atoms with E-state index in [0.29, 0.717) is 12.8 Å². The number of pyridine rings is 1. The first kappa shape index (κ1) is 23.5. The molecule has 0 spiro atoms. The summed E-state index contributed by atoms with van der Waals surface area (Å²) in [6.45, 7) is 0.348. The van der Waals surface area contributed by atoms with Crippen molar-refractivity contribution in [2.75, 3.05) is 19.6 Å². The molecule has 0 atom stereocenters. The zero-order valence-electron chi connectivity index (χ0n) is 16.4. The molecule has 0 radical (unpaired) electrons. The van der Waals surface area contributed by atoms with Crippen LogP contribution in [0.3, 0.4) is 0 Å². The van der Waals surface area contributed by atoms with Crippen LogP contribution in [0.5, 0.6) is 0 Å². The zero-order chi connectivity index (χ0) is 22.6. The van der Waals surface area contributed by atoms with Gasteiger partial charge in [0.15, 0.2) is 0 Å². The molecule has 1 aromatic heterocycles. The average molecular weight is 476 g/mol. The van der Waals surface area contributed by atoms with Crippen LogP contribution >= 0.6 is 11.6 Å². The molecular weight excluding hydrogens is 455 g/mol. The van der Waals surface area contributed by atoms with Gasteiger partial charge in [-0.05, 0) is 43.0 Å². The van der Waals surface area contributed by atoms with Gasteiger partial charge >= 0.3 is 6.18 Å². The Bertz CT molecular complexity index is 1040. The molecule has 0 unspecified atom stereocenters. The van der Waals surface area contributed by atoms with Crippen LogP contribution in [0, 0.1) is 5.92 Å². The highest BCUT2D eigenvalue weighted by atomic mass is 35.5. The third-order valence-electron chi connectivity index (χ3n) is 5.18. The van der Waals surface area contributed by atoms with Crippen molar-refractivity contribution in [2.45, 2.75) is 30.3 Å². The van der Waals surface area contributed by atoms with Crippen molar-refractivity contribution in [3.63, 3.8) is 0 Å². The molecule has 1 fully saturated rings. The number of halogens is 4. The van der Waals surface area contributed by atoms with Gasteiger partial charge in [-0.3, -0.25) is 4.79 Å². The second-order valence-corrected chi connectivity index (χ2v) is 9.43. The topological polar surface area (TPSA) is 79.4 Å². The summed E-state index contributed by atoms with van der Waals surface area (Å²) in [7, 11) is -3.81. The number of rotatable bonds is 6. The number of alkyl halides is 3. The van der Waals surface area contributed by atoms with E-state index in [1.807, 2.05) is 0 Å². The summed E-state index contributed by atoms with van der Waals surface area (Å²) in [4.78, 5) is 16.1. The summed E-state index contributed by atoms with van der Waals surface area (Å²) < 4.78 is 65.9. The van der Waals surface area contributed by atoms with Crippen molar-refractivity contribution in [1.29, 1.82) is 0 Å². The molecule has 2 aromatic rings. The third-order valence-corrected chi connectivity index (χ3v) is 7.53. The van der Waals surface area contributed by atoms with Crippen molar-refractivity contribution in [3.05, 3.63) is 58.9 Å². The van der Waals surface area contributed by atoms with Crippen LogP contribution in [0.15, 0.2) is 47.5 Å². The lowest BCUT2D eigenvalue weighted by atomic mass is 9.97. The number of carbonyl (C=O) groups excluding carboxylic acids is 1. The van der Waals surface area contributed by atoms with Crippen molar-refractivity contribution in [2.24, 2.45) is 5.92 Å². The lowest BCUT2D eigenvalue weighted by molar-refractivity contribution is -0.138. The summed E-state index contributed by atoms with van der Waals surface area (Å²) in [5, 5.41) is 2.56. The molecule has 2 heterocycles. The SMILES string of the molecule is O=C(NCCc1ccccc1C(F)(F)F)C1CCN(S(=O)(=O)c2cccnc2Cl)CC1. The van der Waals surface area contributed by atoms with Gasteiger partial charge in [0.25, 0.3) is 0 Å². The van der Waals surface area contributed by atoms with Gasteiger partial charge in [0.2, 0.25) is 15.9 Å². The van der Waals surface area contributed by atoms with Crippen LogP contribution < -0.4 is 5.32 Å². The highest BCUT2D eigenvalue weighted by Crippen LogP contribution is 2.32. The van der Waals surface area contributed by atoms with E-state index in [1.54, 1.807) is 0 Å². The van der Waals surface area contributed by atoms with Gasteiger partial charge in [-0.25, -0.2) is 13.4 Å². The van der Waals surface area contributed by atoms with E-state index in [-0.39, 0.29) is 47.6 Å². The molecule has 0 bridgehead atoms. The van der Waals surface area contributed by atoms with E-state index < -0.39 is 27.7 Å². The predicted molar refractivity (Wildman–Crippen MR) is 109 cm³/mol. The number of amides is 1. The molecule has 1 aliphatic heterocycles. The lowest BCUT2D eigenvalue weighted by Gasteiger charge is -2.30. The second-order valence-electron chi connectivity index (χ2n) is 7.17. The van der Waals surface area contributed by atoms with Gasteiger partial charge in [-0.2, -0.15) is 17.5 Å². The summed E-state index contributed by atoms with van der Waals surface area (Å²) >= 11 is 5.90. The maximum atomic E-state index is 13.1. The summed E-state index contributed by atoms with van der Waals surface area (Å²) in [5.74, 6) is -0.699. The molecular formula is C20H21ClF3N3O3S. The minimum atomic E-state index is -4.45. The molecule has 0 aliphatic carbocycles. The molecule has 1 amide bonds. The number of nitrogens with zero attached hydrogens (tertiary/aromatic N) is 2. The Morgan fingerprint density at radius 3 is 2.48 bits per heavy atom. The van der Waals surface area contributed by atoms with Gasteiger partial charge in [0.1, 0.15) is 10.0 Å². The number of hydrogen-bond donors (Lipinski definition) is 1. The number of sulfonamides is 1. The molecule has 6 nitrogen and oxygen atoms in total. The number of aromatic nitrogens is 1. The molecule has 0 saturated carbocycles. The first-order valence-electron chi connectivity index (χ1n) is 9.64. The maximum absolute atomic E-state index is 13.1. The minimum absolute atomic E-state index is 0.0498. The molecule has 1 aliphatic rings. The largest absolute Gasteiger partial charge is 0.416 e. The maximum Gasteiger partial charge on any atom is 0.416 e. The van der Waals surface area contributed by atoms with Crippen LogP contribution in [0.25, 0.3) is 0 Å². The number of hydrogen-bond acceptors (Lipinski definition) is 4.